The second kappa shape index (κ2) is 5.69. The van der Waals surface area contributed by atoms with E-state index in [-0.39, 0.29) is 11.7 Å². The minimum atomic E-state index is -0.304. The zero-order chi connectivity index (χ0) is 13.0. The van der Waals surface area contributed by atoms with Crippen LogP contribution in [0.2, 0.25) is 0 Å². The topological polar surface area (TPSA) is 29.1 Å². The van der Waals surface area contributed by atoms with Gasteiger partial charge >= 0.3 is 0 Å². The third-order valence-electron chi connectivity index (χ3n) is 2.47. The van der Waals surface area contributed by atoms with Gasteiger partial charge in [0.25, 0.3) is 5.91 Å². The lowest BCUT2D eigenvalue weighted by Gasteiger charge is -2.05. The van der Waals surface area contributed by atoms with Gasteiger partial charge in [-0.1, -0.05) is 12.1 Å². The Kier molecular flexibility index (Phi) is 3.99. The number of thiol groups is 1. The smallest absolute Gasteiger partial charge is 0.251 e. The van der Waals surface area contributed by atoms with Crippen LogP contribution in [0.3, 0.4) is 0 Å². The molecule has 0 atom stereocenters. The van der Waals surface area contributed by atoms with Crippen molar-refractivity contribution in [3.8, 4) is 0 Å². The summed E-state index contributed by atoms with van der Waals surface area (Å²) in [5, 5.41) is 2.73. The van der Waals surface area contributed by atoms with E-state index in [0.29, 0.717) is 12.1 Å². The van der Waals surface area contributed by atoms with Gasteiger partial charge < -0.3 is 5.32 Å². The molecule has 1 amide bonds. The third-order valence-corrected chi connectivity index (χ3v) is 2.77. The van der Waals surface area contributed by atoms with Crippen LogP contribution in [0, 0.1) is 5.82 Å². The van der Waals surface area contributed by atoms with Gasteiger partial charge in [-0.3, -0.25) is 4.79 Å². The Labute approximate surface area is 110 Å². The standard InChI is InChI=1S/C14H12FNOS/c15-12-3-1-2-10(8-12)9-16-14(17)11-4-6-13(18)7-5-11/h1-8,18H,9H2,(H,16,17). The maximum Gasteiger partial charge on any atom is 0.251 e. The first-order valence-electron chi connectivity index (χ1n) is 5.47. The number of carbonyl (C=O) groups excluding carboxylic acids is 1. The molecular weight excluding hydrogens is 249 g/mol. The summed E-state index contributed by atoms with van der Waals surface area (Å²) >= 11 is 4.15. The first kappa shape index (κ1) is 12.6. The fourth-order valence-electron chi connectivity index (χ4n) is 1.54. The van der Waals surface area contributed by atoms with Gasteiger partial charge in [0.1, 0.15) is 5.82 Å². The number of rotatable bonds is 3. The summed E-state index contributed by atoms with van der Waals surface area (Å²) in [6.45, 7) is 0.305. The first-order chi connectivity index (χ1) is 8.65. The SMILES string of the molecule is O=C(NCc1cccc(F)c1)c1ccc(S)cc1. The molecule has 18 heavy (non-hydrogen) atoms. The van der Waals surface area contributed by atoms with Crippen LogP contribution in [0.25, 0.3) is 0 Å². The molecule has 92 valence electrons. The second-order valence-electron chi connectivity index (χ2n) is 3.86. The maximum absolute atomic E-state index is 12.9. The molecule has 2 aromatic carbocycles. The molecule has 0 aliphatic heterocycles. The molecule has 0 aliphatic carbocycles. The molecular formula is C14H12FNOS. The Morgan fingerprint density at radius 1 is 1.17 bits per heavy atom. The molecule has 2 rings (SSSR count). The van der Waals surface area contributed by atoms with Crippen LogP contribution < -0.4 is 5.32 Å². The number of carbonyl (C=O) groups is 1. The molecule has 2 nitrogen and oxygen atoms in total. The van der Waals surface area contributed by atoms with E-state index in [4.69, 9.17) is 0 Å². The van der Waals surface area contributed by atoms with Gasteiger partial charge in [0.15, 0.2) is 0 Å². The molecule has 0 fully saturated rings. The van der Waals surface area contributed by atoms with Crippen LogP contribution in [-0.4, -0.2) is 5.91 Å². The normalized spacial score (nSPS) is 10.1. The van der Waals surface area contributed by atoms with Crippen molar-refractivity contribution in [2.45, 2.75) is 11.4 Å². The van der Waals surface area contributed by atoms with Crippen LogP contribution in [0.5, 0.6) is 0 Å². The van der Waals surface area contributed by atoms with Crippen LogP contribution in [0.4, 0.5) is 4.39 Å². The molecule has 0 aliphatic rings. The first-order valence-corrected chi connectivity index (χ1v) is 5.91. The van der Waals surface area contributed by atoms with Gasteiger partial charge in [-0.2, -0.15) is 0 Å². The zero-order valence-corrected chi connectivity index (χ0v) is 10.5. The Morgan fingerprint density at radius 3 is 2.56 bits per heavy atom. The molecule has 0 saturated heterocycles. The van der Waals surface area contributed by atoms with E-state index in [9.17, 15) is 9.18 Å². The fraction of sp³-hybridized carbons (Fsp3) is 0.0714. The molecule has 0 spiro atoms. The molecule has 0 bridgehead atoms. The summed E-state index contributed by atoms with van der Waals surface area (Å²) in [5.41, 5.74) is 1.29. The summed E-state index contributed by atoms with van der Waals surface area (Å²) in [5.74, 6) is -0.492. The third kappa shape index (κ3) is 3.34. The van der Waals surface area contributed by atoms with Crippen molar-refractivity contribution < 1.29 is 9.18 Å². The average Bonchev–Trinajstić information content (AvgIpc) is 2.37. The summed E-state index contributed by atoms with van der Waals surface area (Å²) in [7, 11) is 0. The van der Waals surface area contributed by atoms with Crippen LogP contribution >= 0.6 is 12.6 Å². The lowest BCUT2D eigenvalue weighted by molar-refractivity contribution is 0.0951. The predicted molar refractivity (Wildman–Crippen MR) is 71.3 cm³/mol. The van der Waals surface area contributed by atoms with E-state index in [1.807, 2.05) is 0 Å². The number of halogens is 1. The Bertz CT molecular complexity index is 554. The van der Waals surface area contributed by atoms with E-state index < -0.39 is 0 Å². The van der Waals surface area contributed by atoms with Gasteiger partial charge in [0, 0.05) is 17.0 Å². The molecule has 0 unspecified atom stereocenters. The quantitative estimate of drug-likeness (QED) is 0.817. The number of hydrogen-bond donors (Lipinski definition) is 2. The highest BCUT2D eigenvalue weighted by Gasteiger charge is 2.04. The minimum absolute atomic E-state index is 0.187. The minimum Gasteiger partial charge on any atom is -0.348 e. The molecule has 0 saturated carbocycles. The lowest BCUT2D eigenvalue weighted by atomic mass is 10.2. The fourth-order valence-corrected chi connectivity index (χ4v) is 1.69. The number of hydrogen-bond acceptors (Lipinski definition) is 2. The summed E-state index contributed by atoms with van der Waals surface area (Å²) < 4.78 is 12.9. The van der Waals surface area contributed by atoms with Gasteiger partial charge in [0.2, 0.25) is 0 Å². The van der Waals surface area contributed by atoms with Crippen molar-refractivity contribution in [2.24, 2.45) is 0 Å². The van der Waals surface area contributed by atoms with Crippen molar-refractivity contribution in [3.05, 3.63) is 65.5 Å². The van der Waals surface area contributed by atoms with E-state index in [1.165, 1.54) is 12.1 Å². The number of nitrogens with one attached hydrogen (secondary N) is 1. The summed E-state index contributed by atoms with van der Waals surface area (Å²) in [4.78, 5) is 12.6. The summed E-state index contributed by atoms with van der Waals surface area (Å²) in [6, 6.07) is 13.0. The summed E-state index contributed by atoms with van der Waals surface area (Å²) in [6.07, 6.45) is 0. The van der Waals surface area contributed by atoms with E-state index in [1.54, 1.807) is 36.4 Å². The highest BCUT2D eigenvalue weighted by molar-refractivity contribution is 7.80. The highest BCUT2D eigenvalue weighted by atomic mass is 32.1. The molecule has 1 N–H and O–H groups in total. The Balaban J connectivity index is 1.98. The largest absolute Gasteiger partial charge is 0.348 e. The van der Waals surface area contributed by atoms with Crippen LogP contribution in [0.1, 0.15) is 15.9 Å². The van der Waals surface area contributed by atoms with Gasteiger partial charge in [-0.05, 0) is 42.0 Å². The lowest BCUT2D eigenvalue weighted by Crippen LogP contribution is -2.22. The molecule has 0 radical (unpaired) electrons. The van der Waals surface area contributed by atoms with Crippen molar-refractivity contribution in [1.29, 1.82) is 0 Å². The monoisotopic (exact) mass is 261 g/mol. The zero-order valence-electron chi connectivity index (χ0n) is 9.56. The van der Waals surface area contributed by atoms with Gasteiger partial charge in [0.05, 0.1) is 0 Å². The van der Waals surface area contributed by atoms with Crippen molar-refractivity contribution in [3.63, 3.8) is 0 Å². The number of benzene rings is 2. The van der Waals surface area contributed by atoms with Gasteiger partial charge in [-0.25, -0.2) is 4.39 Å². The van der Waals surface area contributed by atoms with Crippen LogP contribution in [-0.2, 0) is 6.54 Å². The Morgan fingerprint density at radius 2 is 1.89 bits per heavy atom. The molecule has 0 heterocycles. The maximum atomic E-state index is 12.9. The van der Waals surface area contributed by atoms with Gasteiger partial charge in [-0.15, -0.1) is 12.6 Å². The van der Waals surface area contributed by atoms with Crippen molar-refractivity contribution >= 4 is 18.5 Å². The van der Waals surface area contributed by atoms with Crippen LogP contribution in [0.15, 0.2) is 53.4 Å². The van der Waals surface area contributed by atoms with Crippen molar-refractivity contribution in [1.82, 2.24) is 5.32 Å². The van der Waals surface area contributed by atoms with E-state index >= 15 is 0 Å². The van der Waals surface area contributed by atoms with Crippen molar-refractivity contribution in [2.75, 3.05) is 0 Å². The predicted octanol–water partition coefficient (Wildman–Crippen LogP) is 3.04. The average molecular weight is 261 g/mol. The number of amides is 1. The Hall–Kier alpha value is -1.81. The second-order valence-corrected chi connectivity index (χ2v) is 4.38. The molecule has 2 aromatic rings. The highest BCUT2D eigenvalue weighted by Crippen LogP contribution is 2.08. The van der Waals surface area contributed by atoms with E-state index in [0.717, 1.165) is 10.5 Å². The van der Waals surface area contributed by atoms with E-state index in [2.05, 4.69) is 17.9 Å². The molecule has 0 aromatic heterocycles. The molecule has 4 heteroatoms.